The minimum atomic E-state index is -0.828. The van der Waals surface area contributed by atoms with Gasteiger partial charge in [-0.25, -0.2) is 0 Å². The molecule has 0 aliphatic heterocycles. The quantitative estimate of drug-likeness (QED) is 0.858. The summed E-state index contributed by atoms with van der Waals surface area (Å²) in [5.41, 5.74) is 1.77. The van der Waals surface area contributed by atoms with Gasteiger partial charge in [0.25, 0.3) is 0 Å². The van der Waals surface area contributed by atoms with E-state index in [1.807, 2.05) is 12.1 Å². The zero-order valence-electron chi connectivity index (χ0n) is 8.66. The Morgan fingerprint density at radius 1 is 1.60 bits per heavy atom. The fourth-order valence-corrected chi connectivity index (χ4v) is 1.87. The minimum absolute atomic E-state index is 0.521. The molecule has 0 radical (unpaired) electrons. The molecule has 0 heterocycles. The third-order valence-corrected chi connectivity index (χ3v) is 2.94. The molecule has 4 heteroatoms. The van der Waals surface area contributed by atoms with Crippen LogP contribution in [0.25, 0.3) is 0 Å². The van der Waals surface area contributed by atoms with E-state index in [0.717, 1.165) is 11.1 Å². The smallest absolute Gasteiger partial charge is 0.310 e. The number of hydrogen-bond donors (Lipinski definition) is 1. The first-order valence-corrected chi connectivity index (χ1v) is 5.68. The third kappa shape index (κ3) is 2.72. The van der Waals surface area contributed by atoms with Gasteiger partial charge in [-0.15, -0.1) is 0 Å². The predicted molar refractivity (Wildman–Crippen MR) is 61.7 cm³/mol. The lowest BCUT2D eigenvalue weighted by molar-refractivity contribution is -0.138. The first-order chi connectivity index (χ1) is 7.10. The van der Waals surface area contributed by atoms with Crippen molar-refractivity contribution in [2.45, 2.75) is 18.2 Å². The van der Waals surface area contributed by atoms with Crippen molar-refractivity contribution in [3.8, 4) is 5.75 Å². The van der Waals surface area contributed by atoms with Crippen LogP contribution in [0.15, 0.2) is 18.2 Å². The standard InChI is InChI=1S/C11H13BrO3/c1-7(11(13)14)10-5-9(15-2)4-3-8(10)6-12/h3-5,7H,6H2,1-2H3,(H,13,14). The molecule has 1 aromatic rings. The number of hydrogen-bond acceptors (Lipinski definition) is 2. The number of halogens is 1. The van der Waals surface area contributed by atoms with Crippen molar-refractivity contribution in [3.63, 3.8) is 0 Å². The van der Waals surface area contributed by atoms with Crippen LogP contribution in [0.2, 0.25) is 0 Å². The molecule has 1 N–H and O–H groups in total. The van der Waals surface area contributed by atoms with Gasteiger partial charge in [-0.2, -0.15) is 0 Å². The van der Waals surface area contributed by atoms with Crippen LogP contribution in [0.3, 0.4) is 0 Å². The number of ether oxygens (including phenoxy) is 1. The van der Waals surface area contributed by atoms with Gasteiger partial charge in [0.05, 0.1) is 13.0 Å². The molecule has 0 amide bonds. The molecule has 1 rings (SSSR count). The number of carboxylic acid groups (broad SMARTS) is 1. The van der Waals surface area contributed by atoms with Crippen molar-refractivity contribution < 1.29 is 14.6 Å². The SMILES string of the molecule is COc1ccc(CBr)c(C(C)C(=O)O)c1. The molecule has 0 aliphatic carbocycles. The maximum absolute atomic E-state index is 10.9. The van der Waals surface area contributed by atoms with Gasteiger partial charge in [-0.05, 0) is 30.2 Å². The number of rotatable bonds is 4. The van der Waals surface area contributed by atoms with E-state index in [9.17, 15) is 4.79 Å². The Bertz CT molecular complexity index is 363. The number of benzene rings is 1. The molecule has 0 saturated heterocycles. The molecule has 15 heavy (non-hydrogen) atoms. The van der Waals surface area contributed by atoms with E-state index < -0.39 is 11.9 Å². The predicted octanol–water partition coefficient (Wildman–Crippen LogP) is 2.78. The molecule has 82 valence electrons. The molecule has 0 spiro atoms. The number of alkyl halides is 1. The minimum Gasteiger partial charge on any atom is -0.497 e. The first kappa shape index (κ1) is 12.0. The number of carbonyl (C=O) groups is 1. The molecule has 0 bridgehead atoms. The molecule has 3 nitrogen and oxygen atoms in total. The molecule has 1 unspecified atom stereocenters. The van der Waals surface area contributed by atoms with Crippen LogP contribution in [0, 0.1) is 0 Å². The van der Waals surface area contributed by atoms with Crippen LogP contribution in [0.5, 0.6) is 5.75 Å². The summed E-state index contributed by atoms with van der Waals surface area (Å²) in [4.78, 5) is 10.9. The fourth-order valence-electron chi connectivity index (χ4n) is 1.36. The lowest BCUT2D eigenvalue weighted by Crippen LogP contribution is -2.09. The normalized spacial score (nSPS) is 12.2. The van der Waals surface area contributed by atoms with Gasteiger partial charge in [0.15, 0.2) is 0 Å². The Balaban J connectivity index is 3.16. The first-order valence-electron chi connectivity index (χ1n) is 4.55. The van der Waals surface area contributed by atoms with Crippen LogP contribution in [-0.2, 0) is 10.1 Å². The van der Waals surface area contributed by atoms with Crippen LogP contribution < -0.4 is 4.74 Å². The van der Waals surface area contributed by atoms with Crippen molar-refractivity contribution in [2.75, 3.05) is 7.11 Å². The van der Waals surface area contributed by atoms with Crippen LogP contribution in [-0.4, -0.2) is 18.2 Å². The van der Waals surface area contributed by atoms with Gasteiger partial charge in [0.2, 0.25) is 0 Å². The second-order valence-electron chi connectivity index (χ2n) is 3.26. The van der Waals surface area contributed by atoms with Crippen molar-refractivity contribution in [1.82, 2.24) is 0 Å². The highest BCUT2D eigenvalue weighted by atomic mass is 79.9. The van der Waals surface area contributed by atoms with Crippen LogP contribution in [0.4, 0.5) is 0 Å². The molecule has 1 atom stereocenters. The summed E-state index contributed by atoms with van der Waals surface area (Å²) in [6.07, 6.45) is 0. The maximum Gasteiger partial charge on any atom is 0.310 e. The van der Waals surface area contributed by atoms with Gasteiger partial charge in [-0.1, -0.05) is 22.0 Å². The Hall–Kier alpha value is -1.03. The Kier molecular flexibility index (Phi) is 4.15. The van der Waals surface area contributed by atoms with E-state index in [-0.39, 0.29) is 0 Å². The topological polar surface area (TPSA) is 46.5 Å². The fraction of sp³-hybridized carbons (Fsp3) is 0.364. The van der Waals surface area contributed by atoms with E-state index in [1.165, 1.54) is 0 Å². The van der Waals surface area contributed by atoms with Crippen molar-refractivity contribution in [1.29, 1.82) is 0 Å². The zero-order chi connectivity index (χ0) is 11.4. The van der Waals surface area contributed by atoms with Crippen LogP contribution in [0.1, 0.15) is 24.0 Å². The average Bonchev–Trinajstić information content (AvgIpc) is 2.27. The summed E-state index contributed by atoms with van der Waals surface area (Å²) in [6, 6.07) is 5.48. The highest BCUT2D eigenvalue weighted by molar-refractivity contribution is 9.08. The monoisotopic (exact) mass is 272 g/mol. The second kappa shape index (κ2) is 5.16. The molecule has 0 aliphatic rings. The maximum atomic E-state index is 10.9. The molecule has 0 aromatic heterocycles. The summed E-state index contributed by atoms with van der Waals surface area (Å²) in [5.74, 6) is -0.666. The second-order valence-corrected chi connectivity index (χ2v) is 3.82. The molecular formula is C11H13BrO3. The molecule has 0 fully saturated rings. The summed E-state index contributed by atoms with van der Waals surface area (Å²) < 4.78 is 5.08. The van der Waals surface area contributed by atoms with Gasteiger partial charge in [-0.3, -0.25) is 4.79 Å². The molecule has 1 aromatic carbocycles. The molecule has 0 saturated carbocycles. The Labute approximate surface area is 97.2 Å². The summed E-state index contributed by atoms with van der Waals surface area (Å²) in [5, 5.41) is 9.61. The van der Waals surface area contributed by atoms with Crippen molar-refractivity contribution in [3.05, 3.63) is 29.3 Å². The Morgan fingerprint density at radius 3 is 2.73 bits per heavy atom. The average molecular weight is 273 g/mol. The summed E-state index contributed by atoms with van der Waals surface area (Å²) >= 11 is 3.34. The van der Waals surface area contributed by atoms with E-state index >= 15 is 0 Å². The van der Waals surface area contributed by atoms with Gasteiger partial charge >= 0.3 is 5.97 Å². The van der Waals surface area contributed by atoms with E-state index in [1.54, 1.807) is 20.1 Å². The third-order valence-electron chi connectivity index (χ3n) is 2.33. The zero-order valence-corrected chi connectivity index (χ0v) is 10.2. The lowest BCUT2D eigenvalue weighted by atomic mass is 9.96. The van der Waals surface area contributed by atoms with Gasteiger partial charge in [0.1, 0.15) is 5.75 Å². The molecular weight excluding hydrogens is 260 g/mol. The van der Waals surface area contributed by atoms with Gasteiger partial charge < -0.3 is 9.84 Å². The van der Waals surface area contributed by atoms with Crippen LogP contribution >= 0.6 is 15.9 Å². The Morgan fingerprint density at radius 2 is 2.27 bits per heavy atom. The summed E-state index contributed by atoms with van der Waals surface area (Å²) in [6.45, 7) is 1.67. The summed E-state index contributed by atoms with van der Waals surface area (Å²) in [7, 11) is 1.57. The largest absolute Gasteiger partial charge is 0.497 e. The lowest BCUT2D eigenvalue weighted by Gasteiger charge is -2.12. The highest BCUT2D eigenvalue weighted by Crippen LogP contribution is 2.26. The van der Waals surface area contributed by atoms with Crippen molar-refractivity contribution in [2.24, 2.45) is 0 Å². The van der Waals surface area contributed by atoms with E-state index in [0.29, 0.717) is 11.1 Å². The van der Waals surface area contributed by atoms with Gasteiger partial charge in [0, 0.05) is 5.33 Å². The number of carboxylic acids is 1. The number of aliphatic carboxylic acids is 1. The van der Waals surface area contributed by atoms with E-state index in [2.05, 4.69) is 15.9 Å². The van der Waals surface area contributed by atoms with Crippen molar-refractivity contribution >= 4 is 21.9 Å². The highest BCUT2D eigenvalue weighted by Gasteiger charge is 2.17. The van der Waals surface area contributed by atoms with E-state index in [4.69, 9.17) is 9.84 Å². The number of methoxy groups -OCH3 is 1.